The molecule has 0 saturated heterocycles. The van der Waals surface area contributed by atoms with Crippen molar-refractivity contribution >= 4 is 52.3 Å². The van der Waals surface area contributed by atoms with Crippen LogP contribution in [-0.2, 0) is 12.8 Å². The molecule has 4 rings (SSSR count). The lowest BCUT2D eigenvalue weighted by atomic mass is 9.82. The van der Waals surface area contributed by atoms with Crippen molar-refractivity contribution in [2.24, 2.45) is 0 Å². The fraction of sp³-hybridized carbons (Fsp3) is 0.0833. The summed E-state index contributed by atoms with van der Waals surface area (Å²) in [5.74, 6) is 0. The van der Waals surface area contributed by atoms with Crippen LogP contribution in [0.2, 0.25) is 0 Å². The maximum atomic E-state index is 2.54. The van der Waals surface area contributed by atoms with Gasteiger partial charge in [0.1, 0.15) is 0 Å². The van der Waals surface area contributed by atoms with Crippen molar-refractivity contribution in [3.63, 3.8) is 0 Å². The van der Waals surface area contributed by atoms with E-state index in [1.165, 1.54) is 40.6 Å². The minimum Gasteiger partial charge on any atom is -0.0622 e. The summed E-state index contributed by atoms with van der Waals surface area (Å²) < 4.78 is 2.72. The highest BCUT2D eigenvalue weighted by Gasteiger charge is 2.23. The lowest BCUT2D eigenvalue weighted by molar-refractivity contribution is 0.997. The summed E-state index contributed by atoms with van der Waals surface area (Å²) in [5.41, 5.74) is 8.43. The molecule has 0 aromatic heterocycles. The van der Waals surface area contributed by atoms with Gasteiger partial charge in [0.15, 0.2) is 0 Å². The Balaban J connectivity index is 1.92. The Morgan fingerprint density at radius 2 is 0.846 bits per heavy atom. The lowest BCUT2D eigenvalue weighted by Crippen LogP contribution is -2.11. The van der Waals surface area contributed by atoms with Gasteiger partial charge < -0.3 is 0 Å². The van der Waals surface area contributed by atoms with Crippen LogP contribution in [0, 0.1) is 0 Å². The monoisotopic (exact) mass is 560 g/mol. The SMILES string of the molecule is I/C(=C1/Cc2ccccc2C/C1=C(/I)c1ccccc1)c1ccccc1. The Morgan fingerprint density at radius 1 is 0.500 bits per heavy atom. The number of hydrogen-bond acceptors (Lipinski definition) is 0. The van der Waals surface area contributed by atoms with Crippen molar-refractivity contribution in [2.45, 2.75) is 12.8 Å². The van der Waals surface area contributed by atoms with Gasteiger partial charge in [-0.05, 0) is 91.4 Å². The molecule has 1 aliphatic carbocycles. The molecule has 0 fully saturated rings. The van der Waals surface area contributed by atoms with Gasteiger partial charge in [-0.2, -0.15) is 0 Å². The van der Waals surface area contributed by atoms with Gasteiger partial charge in [-0.15, -0.1) is 0 Å². The third-order valence-corrected chi connectivity index (χ3v) is 7.35. The molecule has 0 spiro atoms. The molecule has 0 radical (unpaired) electrons. The molecule has 0 bridgehead atoms. The molecule has 3 aromatic rings. The molecule has 1 aliphatic rings. The largest absolute Gasteiger partial charge is 0.0622 e. The molecule has 3 aromatic carbocycles. The summed E-state index contributed by atoms with van der Waals surface area (Å²) in [6.07, 6.45) is 2.00. The van der Waals surface area contributed by atoms with Crippen LogP contribution >= 0.6 is 45.2 Å². The van der Waals surface area contributed by atoms with Crippen LogP contribution in [0.4, 0.5) is 0 Å². The van der Waals surface area contributed by atoms with E-state index in [1.54, 1.807) is 0 Å². The van der Waals surface area contributed by atoms with Crippen LogP contribution < -0.4 is 0 Å². The first-order valence-electron chi connectivity index (χ1n) is 8.69. The lowest BCUT2D eigenvalue weighted by Gasteiger charge is -2.25. The number of rotatable bonds is 2. The summed E-state index contributed by atoms with van der Waals surface area (Å²) in [7, 11) is 0. The summed E-state index contributed by atoms with van der Waals surface area (Å²) in [5, 5.41) is 0. The molecular formula is C24H18I2. The first-order valence-corrected chi connectivity index (χ1v) is 10.8. The second-order valence-electron chi connectivity index (χ2n) is 6.44. The van der Waals surface area contributed by atoms with Gasteiger partial charge in [0.2, 0.25) is 0 Å². The number of benzene rings is 3. The molecule has 0 atom stereocenters. The molecule has 128 valence electrons. The maximum Gasteiger partial charge on any atom is 0.0241 e. The topological polar surface area (TPSA) is 0 Å². The maximum absolute atomic E-state index is 2.54. The van der Waals surface area contributed by atoms with Crippen LogP contribution in [0.1, 0.15) is 22.3 Å². The van der Waals surface area contributed by atoms with Crippen molar-refractivity contribution in [3.8, 4) is 0 Å². The van der Waals surface area contributed by atoms with Crippen LogP contribution in [0.15, 0.2) is 96.1 Å². The zero-order valence-corrected chi connectivity index (χ0v) is 18.6. The van der Waals surface area contributed by atoms with Crippen molar-refractivity contribution in [1.29, 1.82) is 0 Å². The number of halogens is 2. The minimum atomic E-state index is 0.998. The Kier molecular flexibility index (Phi) is 5.60. The van der Waals surface area contributed by atoms with Gasteiger partial charge >= 0.3 is 0 Å². The van der Waals surface area contributed by atoms with Gasteiger partial charge in [0.05, 0.1) is 0 Å². The second-order valence-corrected chi connectivity index (χ2v) is 8.60. The van der Waals surface area contributed by atoms with Crippen LogP contribution in [0.5, 0.6) is 0 Å². The fourth-order valence-electron chi connectivity index (χ4n) is 3.43. The van der Waals surface area contributed by atoms with Crippen LogP contribution in [0.3, 0.4) is 0 Å². The van der Waals surface area contributed by atoms with Gasteiger partial charge in [-0.1, -0.05) is 84.9 Å². The predicted octanol–water partition coefficient (Wildman–Crippen LogP) is 7.48. The molecule has 0 heterocycles. The second kappa shape index (κ2) is 8.09. The zero-order chi connectivity index (χ0) is 17.9. The molecule has 2 heteroatoms. The van der Waals surface area contributed by atoms with E-state index in [2.05, 4.69) is 130 Å². The third-order valence-electron chi connectivity index (χ3n) is 4.80. The van der Waals surface area contributed by atoms with E-state index in [9.17, 15) is 0 Å². The molecule has 0 nitrogen and oxygen atoms in total. The van der Waals surface area contributed by atoms with E-state index in [0.29, 0.717) is 0 Å². The van der Waals surface area contributed by atoms with Gasteiger partial charge in [-0.25, -0.2) is 0 Å². The molecule has 0 amide bonds. The Hall–Kier alpha value is -1.40. The molecule has 0 N–H and O–H groups in total. The van der Waals surface area contributed by atoms with Crippen molar-refractivity contribution in [2.75, 3.05) is 0 Å². The standard InChI is InChI=1S/C24H18I2/c25-23(17-9-3-1-4-10-17)21-15-19-13-7-8-14-20(19)16-22(21)24(26)18-11-5-2-6-12-18/h1-14H,15-16H2/b23-21-,24-22-. The summed E-state index contributed by atoms with van der Waals surface area (Å²) in [4.78, 5) is 0. The normalized spacial score (nSPS) is 17.5. The Bertz CT molecular complexity index is 900. The van der Waals surface area contributed by atoms with Gasteiger partial charge in [-0.3, -0.25) is 0 Å². The van der Waals surface area contributed by atoms with Crippen molar-refractivity contribution in [1.82, 2.24) is 0 Å². The van der Waals surface area contributed by atoms with E-state index in [0.717, 1.165) is 12.8 Å². The molecule has 0 aliphatic heterocycles. The van der Waals surface area contributed by atoms with Crippen LogP contribution in [0.25, 0.3) is 7.16 Å². The summed E-state index contributed by atoms with van der Waals surface area (Å²) >= 11 is 5.07. The average molecular weight is 560 g/mol. The first-order chi connectivity index (χ1) is 12.7. The van der Waals surface area contributed by atoms with E-state index < -0.39 is 0 Å². The van der Waals surface area contributed by atoms with Crippen molar-refractivity contribution < 1.29 is 0 Å². The third kappa shape index (κ3) is 3.67. The van der Waals surface area contributed by atoms with E-state index in [4.69, 9.17) is 0 Å². The predicted molar refractivity (Wildman–Crippen MR) is 129 cm³/mol. The van der Waals surface area contributed by atoms with E-state index in [-0.39, 0.29) is 0 Å². The molecule has 26 heavy (non-hydrogen) atoms. The van der Waals surface area contributed by atoms with E-state index in [1.807, 2.05) is 0 Å². The average Bonchev–Trinajstić information content (AvgIpc) is 2.73. The van der Waals surface area contributed by atoms with Gasteiger partial charge in [0, 0.05) is 7.16 Å². The van der Waals surface area contributed by atoms with E-state index >= 15 is 0 Å². The Morgan fingerprint density at radius 3 is 1.23 bits per heavy atom. The fourth-order valence-corrected chi connectivity index (χ4v) is 5.19. The quantitative estimate of drug-likeness (QED) is 0.286. The number of fused-ring (bicyclic) bond motifs is 1. The Labute approximate surface area is 182 Å². The smallest absolute Gasteiger partial charge is 0.0241 e. The molecule has 0 saturated carbocycles. The first kappa shape index (κ1) is 18.0. The zero-order valence-electron chi connectivity index (χ0n) is 14.3. The van der Waals surface area contributed by atoms with Crippen LogP contribution in [-0.4, -0.2) is 0 Å². The number of allylic oxidation sites excluding steroid dienone is 2. The molecular weight excluding hydrogens is 542 g/mol. The summed E-state index contributed by atoms with van der Waals surface area (Å²) in [6.45, 7) is 0. The highest BCUT2D eigenvalue weighted by Crippen LogP contribution is 2.42. The number of hydrogen-bond donors (Lipinski definition) is 0. The highest BCUT2D eigenvalue weighted by atomic mass is 127. The highest BCUT2D eigenvalue weighted by molar-refractivity contribution is 14.1. The van der Waals surface area contributed by atoms with Crippen molar-refractivity contribution in [3.05, 3.63) is 118 Å². The minimum absolute atomic E-state index is 0.998. The summed E-state index contributed by atoms with van der Waals surface area (Å²) in [6, 6.07) is 30.4. The van der Waals surface area contributed by atoms with Gasteiger partial charge in [0.25, 0.3) is 0 Å². The molecule has 0 unspecified atom stereocenters.